The molecule has 0 saturated heterocycles. The predicted molar refractivity (Wildman–Crippen MR) is 84.1 cm³/mol. The van der Waals surface area contributed by atoms with Gasteiger partial charge in [0, 0.05) is 11.1 Å². The Labute approximate surface area is 123 Å². The number of hydrogen-bond donors (Lipinski definition) is 2. The van der Waals surface area contributed by atoms with Gasteiger partial charge in [-0.15, -0.1) is 0 Å². The van der Waals surface area contributed by atoms with E-state index in [0.29, 0.717) is 11.1 Å². The third-order valence-corrected chi connectivity index (χ3v) is 4.05. The van der Waals surface area contributed by atoms with Crippen molar-refractivity contribution in [3.63, 3.8) is 0 Å². The first-order valence-electron chi connectivity index (χ1n) is 6.91. The zero-order chi connectivity index (χ0) is 15.0. The third-order valence-electron chi connectivity index (χ3n) is 4.05. The molecule has 0 radical (unpaired) electrons. The van der Waals surface area contributed by atoms with Gasteiger partial charge in [-0.3, -0.25) is 4.79 Å². The van der Waals surface area contributed by atoms with Gasteiger partial charge in [-0.2, -0.15) is 0 Å². The first kappa shape index (κ1) is 13.7. The van der Waals surface area contributed by atoms with Gasteiger partial charge in [-0.1, -0.05) is 60.7 Å². The SMILES string of the molecule is CC1(O)C(C(=O)c2cccc3ccccc23)=CC=CC1N. The zero-order valence-corrected chi connectivity index (χ0v) is 11.8. The fourth-order valence-electron chi connectivity index (χ4n) is 2.68. The van der Waals surface area contributed by atoms with Crippen LogP contribution in [-0.2, 0) is 0 Å². The second-order valence-corrected chi connectivity index (χ2v) is 5.49. The number of nitrogens with two attached hydrogens (primary N) is 1. The number of aliphatic hydroxyl groups is 1. The molecule has 0 amide bonds. The smallest absolute Gasteiger partial charge is 0.192 e. The summed E-state index contributed by atoms with van der Waals surface area (Å²) in [5, 5.41) is 12.4. The van der Waals surface area contributed by atoms with E-state index >= 15 is 0 Å². The number of rotatable bonds is 2. The summed E-state index contributed by atoms with van der Waals surface area (Å²) in [7, 11) is 0. The monoisotopic (exact) mass is 279 g/mol. The molecule has 1 aliphatic carbocycles. The Morgan fingerprint density at radius 1 is 1.19 bits per heavy atom. The highest BCUT2D eigenvalue weighted by Crippen LogP contribution is 2.30. The van der Waals surface area contributed by atoms with Crippen LogP contribution in [0.5, 0.6) is 0 Å². The average molecular weight is 279 g/mol. The van der Waals surface area contributed by atoms with Crippen LogP contribution >= 0.6 is 0 Å². The largest absolute Gasteiger partial charge is 0.383 e. The summed E-state index contributed by atoms with van der Waals surface area (Å²) in [5.74, 6) is -0.184. The van der Waals surface area contributed by atoms with Gasteiger partial charge in [0.1, 0.15) is 5.60 Å². The number of carbonyl (C=O) groups is 1. The second kappa shape index (κ2) is 4.95. The molecular weight excluding hydrogens is 262 g/mol. The molecule has 0 spiro atoms. The van der Waals surface area contributed by atoms with Crippen molar-refractivity contribution < 1.29 is 9.90 Å². The molecule has 2 unspecified atom stereocenters. The van der Waals surface area contributed by atoms with E-state index in [1.165, 1.54) is 0 Å². The molecule has 106 valence electrons. The number of Topliss-reactive ketones (excluding diaryl/α,β-unsaturated/α-hetero) is 1. The Bertz CT molecular complexity index is 766. The van der Waals surface area contributed by atoms with E-state index in [2.05, 4.69) is 0 Å². The highest BCUT2D eigenvalue weighted by Gasteiger charge is 2.37. The van der Waals surface area contributed by atoms with Gasteiger partial charge in [-0.25, -0.2) is 0 Å². The number of allylic oxidation sites excluding steroid dienone is 2. The first-order valence-corrected chi connectivity index (χ1v) is 6.91. The van der Waals surface area contributed by atoms with E-state index in [-0.39, 0.29) is 5.78 Å². The Morgan fingerprint density at radius 2 is 1.90 bits per heavy atom. The Morgan fingerprint density at radius 3 is 2.71 bits per heavy atom. The lowest BCUT2D eigenvalue weighted by Gasteiger charge is -2.32. The molecule has 0 aliphatic heterocycles. The molecule has 0 saturated carbocycles. The number of benzene rings is 2. The van der Waals surface area contributed by atoms with Crippen molar-refractivity contribution in [3.05, 3.63) is 71.8 Å². The van der Waals surface area contributed by atoms with Crippen molar-refractivity contribution in [2.24, 2.45) is 5.73 Å². The molecule has 2 aromatic rings. The maximum absolute atomic E-state index is 12.9. The molecule has 2 atom stereocenters. The van der Waals surface area contributed by atoms with Crippen LogP contribution in [0.4, 0.5) is 0 Å². The molecular formula is C18H17NO2. The fourth-order valence-corrected chi connectivity index (χ4v) is 2.68. The summed E-state index contributed by atoms with van der Waals surface area (Å²) in [6.07, 6.45) is 5.06. The number of fused-ring (bicyclic) bond motifs is 1. The first-order chi connectivity index (χ1) is 10.0. The van der Waals surface area contributed by atoms with Crippen LogP contribution in [0.25, 0.3) is 10.8 Å². The topological polar surface area (TPSA) is 63.3 Å². The van der Waals surface area contributed by atoms with Crippen LogP contribution in [0.1, 0.15) is 17.3 Å². The van der Waals surface area contributed by atoms with Crippen molar-refractivity contribution >= 4 is 16.6 Å². The van der Waals surface area contributed by atoms with Crippen molar-refractivity contribution in [1.29, 1.82) is 0 Å². The highest BCUT2D eigenvalue weighted by atomic mass is 16.3. The van der Waals surface area contributed by atoms with Crippen LogP contribution in [0.2, 0.25) is 0 Å². The molecule has 3 nitrogen and oxygen atoms in total. The van der Waals surface area contributed by atoms with Gasteiger partial charge in [0.25, 0.3) is 0 Å². The summed E-state index contributed by atoms with van der Waals surface area (Å²) in [5.41, 5.74) is 5.46. The zero-order valence-electron chi connectivity index (χ0n) is 11.8. The minimum atomic E-state index is -1.36. The van der Waals surface area contributed by atoms with Gasteiger partial charge < -0.3 is 10.8 Å². The van der Waals surface area contributed by atoms with Gasteiger partial charge in [-0.05, 0) is 17.7 Å². The van der Waals surface area contributed by atoms with Crippen LogP contribution in [-0.4, -0.2) is 22.5 Å². The standard InChI is InChI=1S/C18H17NO2/c1-18(21)15(10-5-11-16(18)19)17(20)14-9-4-7-12-6-2-3-8-13(12)14/h2-11,16,21H,19H2,1H3. The third kappa shape index (κ3) is 2.20. The summed E-state index contributed by atoms with van der Waals surface area (Å²) in [4.78, 5) is 12.9. The van der Waals surface area contributed by atoms with E-state index in [1.54, 1.807) is 31.2 Å². The Hall–Kier alpha value is -2.23. The van der Waals surface area contributed by atoms with Crippen LogP contribution in [0.3, 0.4) is 0 Å². The van der Waals surface area contributed by atoms with Crippen LogP contribution in [0, 0.1) is 0 Å². The Balaban J connectivity index is 2.14. The number of carbonyl (C=O) groups excluding carboxylic acids is 1. The normalized spacial score (nSPS) is 24.9. The van der Waals surface area contributed by atoms with E-state index in [0.717, 1.165) is 10.8 Å². The van der Waals surface area contributed by atoms with E-state index in [4.69, 9.17) is 5.73 Å². The molecule has 3 rings (SSSR count). The number of hydrogen-bond acceptors (Lipinski definition) is 3. The molecule has 21 heavy (non-hydrogen) atoms. The van der Waals surface area contributed by atoms with E-state index < -0.39 is 11.6 Å². The summed E-state index contributed by atoms with van der Waals surface area (Å²) >= 11 is 0. The maximum atomic E-state index is 12.9. The van der Waals surface area contributed by atoms with Crippen molar-refractivity contribution in [1.82, 2.24) is 0 Å². The second-order valence-electron chi connectivity index (χ2n) is 5.49. The van der Waals surface area contributed by atoms with Crippen LogP contribution < -0.4 is 5.73 Å². The van der Waals surface area contributed by atoms with Crippen molar-refractivity contribution in [2.45, 2.75) is 18.6 Å². The quantitative estimate of drug-likeness (QED) is 0.831. The van der Waals surface area contributed by atoms with E-state index in [9.17, 15) is 9.90 Å². The van der Waals surface area contributed by atoms with Crippen LogP contribution in [0.15, 0.2) is 66.3 Å². The molecule has 3 N–H and O–H groups in total. The highest BCUT2D eigenvalue weighted by molar-refractivity contribution is 6.17. The van der Waals surface area contributed by atoms with Gasteiger partial charge in [0.05, 0.1) is 6.04 Å². The van der Waals surface area contributed by atoms with Crippen molar-refractivity contribution in [2.75, 3.05) is 0 Å². The van der Waals surface area contributed by atoms with Gasteiger partial charge in [0.2, 0.25) is 0 Å². The molecule has 0 bridgehead atoms. The summed E-state index contributed by atoms with van der Waals surface area (Å²) in [6.45, 7) is 1.58. The minimum absolute atomic E-state index is 0.184. The lowest BCUT2D eigenvalue weighted by atomic mass is 9.80. The molecule has 3 heteroatoms. The molecule has 0 heterocycles. The maximum Gasteiger partial charge on any atom is 0.192 e. The Kier molecular flexibility index (Phi) is 3.24. The fraction of sp³-hybridized carbons (Fsp3) is 0.167. The molecule has 0 fully saturated rings. The van der Waals surface area contributed by atoms with E-state index in [1.807, 2.05) is 36.4 Å². The van der Waals surface area contributed by atoms with Gasteiger partial charge in [0.15, 0.2) is 5.78 Å². The minimum Gasteiger partial charge on any atom is -0.383 e. The number of ketones is 1. The molecule has 2 aromatic carbocycles. The van der Waals surface area contributed by atoms with Gasteiger partial charge >= 0.3 is 0 Å². The lowest BCUT2D eigenvalue weighted by molar-refractivity contribution is 0.0703. The summed E-state index contributed by atoms with van der Waals surface area (Å²) in [6, 6.07) is 12.7. The summed E-state index contributed by atoms with van der Waals surface area (Å²) < 4.78 is 0. The lowest BCUT2D eigenvalue weighted by Crippen LogP contribution is -2.48. The molecule has 0 aromatic heterocycles. The van der Waals surface area contributed by atoms with Crippen molar-refractivity contribution in [3.8, 4) is 0 Å². The molecule has 1 aliphatic rings. The average Bonchev–Trinajstić information content (AvgIpc) is 2.49. The predicted octanol–water partition coefficient (Wildman–Crippen LogP) is 2.60.